The Morgan fingerprint density at radius 1 is 1.32 bits per heavy atom. The summed E-state index contributed by atoms with van der Waals surface area (Å²) in [6.45, 7) is 2.73. The van der Waals surface area contributed by atoms with Gasteiger partial charge < -0.3 is 5.32 Å². The van der Waals surface area contributed by atoms with Crippen LogP contribution >= 0.6 is 27.3 Å². The Balaban J connectivity index is 2.26. The fraction of sp³-hybridized carbons (Fsp3) is 0.286. The van der Waals surface area contributed by atoms with Crippen LogP contribution in [0.3, 0.4) is 0 Å². The zero-order chi connectivity index (χ0) is 13.8. The number of nitrogens with one attached hydrogen (secondary N) is 1. The average molecular weight is 346 g/mol. The average Bonchev–Trinajstić information content (AvgIpc) is 2.79. The second-order valence-electron chi connectivity index (χ2n) is 4.18. The molecule has 2 rings (SSSR count). The van der Waals surface area contributed by atoms with Crippen molar-refractivity contribution in [3.8, 4) is 0 Å². The Kier molecular flexibility index (Phi) is 5.07. The van der Waals surface area contributed by atoms with Gasteiger partial charge in [0.25, 0.3) is 0 Å². The summed E-state index contributed by atoms with van der Waals surface area (Å²) in [5.41, 5.74) is 0.137. The lowest BCUT2D eigenvalue weighted by Crippen LogP contribution is -2.23. The van der Waals surface area contributed by atoms with Gasteiger partial charge in [-0.05, 0) is 47.1 Å². The normalized spacial score (nSPS) is 12.6. The Labute approximate surface area is 123 Å². The molecule has 0 radical (unpaired) electrons. The van der Waals surface area contributed by atoms with Gasteiger partial charge in [0.1, 0.15) is 11.6 Å². The number of hydrogen-bond donors (Lipinski definition) is 1. The molecule has 1 nitrogen and oxygen atoms in total. The summed E-state index contributed by atoms with van der Waals surface area (Å²) in [5.74, 6) is -0.975. The summed E-state index contributed by atoms with van der Waals surface area (Å²) < 4.78 is 28.4. The van der Waals surface area contributed by atoms with Gasteiger partial charge in [0, 0.05) is 26.3 Å². The van der Waals surface area contributed by atoms with Crippen molar-refractivity contribution in [3.63, 3.8) is 0 Å². The molecule has 0 bridgehead atoms. The van der Waals surface area contributed by atoms with E-state index in [0.717, 1.165) is 15.9 Å². The molecule has 0 aliphatic rings. The van der Waals surface area contributed by atoms with Crippen LogP contribution in [0.15, 0.2) is 34.1 Å². The lowest BCUT2D eigenvalue weighted by atomic mass is 10.0. The highest BCUT2D eigenvalue weighted by molar-refractivity contribution is 9.10. The Morgan fingerprint density at radius 3 is 2.53 bits per heavy atom. The van der Waals surface area contributed by atoms with Crippen molar-refractivity contribution in [1.82, 2.24) is 5.32 Å². The molecular formula is C14H14BrF2NS. The summed E-state index contributed by atoms with van der Waals surface area (Å²) in [6.07, 6.45) is 0.305. The van der Waals surface area contributed by atoms with Crippen molar-refractivity contribution >= 4 is 27.3 Å². The standard InChI is InChI=1S/C14H14BrF2NS/c1-2-18-13(14-6-9(15)8-19-14)7-10-11(16)4-3-5-12(10)17/h3-6,8,13,18H,2,7H2,1H3. The van der Waals surface area contributed by atoms with Crippen molar-refractivity contribution < 1.29 is 8.78 Å². The molecule has 0 aliphatic heterocycles. The smallest absolute Gasteiger partial charge is 0.129 e. The first-order valence-electron chi connectivity index (χ1n) is 6.02. The van der Waals surface area contributed by atoms with E-state index in [0.29, 0.717) is 6.42 Å². The van der Waals surface area contributed by atoms with Gasteiger partial charge in [-0.15, -0.1) is 11.3 Å². The van der Waals surface area contributed by atoms with Gasteiger partial charge in [0.15, 0.2) is 0 Å². The molecule has 19 heavy (non-hydrogen) atoms. The Bertz CT molecular complexity index is 536. The molecule has 0 saturated carbocycles. The minimum absolute atomic E-state index is 0.0762. The molecule has 1 aromatic heterocycles. The molecule has 102 valence electrons. The number of halogens is 3. The molecule has 1 unspecified atom stereocenters. The van der Waals surface area contributed by atoms with Crippen LogP contribution in [0.25, 0.3) is 0 Å². The van der Waals surface area contributed by atoms with Gasteiger partial charge in [-0.2, -0.15) is 0 Å². The van der Waals surface area contributed by atoms with Crippen molar-refractivity contribution in [1.29, 1.82) is 0 Å². The van der Waals surface area contributed by atoms with Gasteiger partial charge in [0.05, 0.1) is 0 Å². The van der Waals surface area contributed by atoms with Gasteiger partial charge in [-0.25, -0.2) is 8.78 Å². The Hall–Kier alpha value is -0.780. The number of rotatable bonds is 5. The van der Waals surface area contributed by atoms with Crippen LogP contribution in [0.4, 0.5) is 8.78 Å². The first-order chi connectivity index (χ1) is 9.11. The van der Waals surface area contributed by atoms with Crippen LogP contribution in [0.2, 0.25) is 0 Å². The molecule has 0 spiro atoms. The first kappa shape index (κ1) is 14.6. The first-order valence-corrected chi connectivity index (χ1v) is 7.69. The maximum atomic E-state index is 13.7. The SMILES string of the molecule is CCNC(Cc1c(F)cccc1F)c1cc(Br)cs1. The molecule has 1 atom stereocenters. The van der Waals surface area contributed by atoms with Gasteiger partial charge in [-0.1, -0.05) is 13.0 Å². The highest BCUT2D eigenvalue weighted by Gasteiger charge is 2.18. The molecule has 2 aromatic rings. The van der Waals surface area contributed by atoms with Gasteiger partial charge in [0.2, 0.25) is 0 Å². The minimum Gasteiger partial charge on any atom is -0.309 e. The number of thiophene rings is 1. The lowest BCUT2D eigenvalue weighted by Gasteiger charge is -2.17. The van der Waals surface area contributed by atoms with Crippen molar-refractivity contribution in [3.05, 3.63) is 56.2 Å². The van der Waals surface area contributed by atoms with Gasteiger partial charge in [-0.3, -0.25) is 0 Å². The highest BCUT2D eigenvalue weighted by atomic mass is 79.9. The zero-order valence-electron chi connectivity index (χ0n) is 10.4. The van der Waals surface area contributed by atoms with Gasteiger partial charge >= 0.3 is 0 Å². The highest BCUT2D eigenvalue weighted by Crippen LogP contribution is 2.29. The fourth-order valence-electron chi connectivity index (χ4n) is 1.96. The zero-order valence-corrected chi connectivity index (χ0v) is 12.8. The second-order valence-corrected chi connectivity index (χ2v) is 6.04. The van der Waals surface area contributed by atoms with E-state index in [1.54, 1.807) is 11.3 Å². The van der Waals surface area contributed by atoms with Crippen molar-refractivity contribution in [2.24, 2.45) is 0 Å². The molecule has 0 aliphatic carbocycles. The van der Waals surface area contributed by atoms with E-state index in [-0.39, 0.29) is 11.6 Å². The maximum absolute atomic E-state index is 13.7. The maximum Gasteiger partial charge on any atom is 0.129 e. The summed E-state index contributed by atoms with van der Waals surface area (Å²) in [7, 11) is 0. The van der Waals surface area contributed by atoms with Crippen LogP contribution < -0.4 is 5.32 Å². The van der Waals surface area contributed by atoms with E-state index in [1.807, 2.05) is 18.4 Å². The van der Waals surface area contributed by atoms with Crippen LogP contribution in [0.1, 0.15) is 23.4 Å². The quantitative estimate of drug-likeness (QED) is 0.829. The topological polar surface area (TPSA) is 12.0 Å². The Morgan fingerprint density at radius 2 is 2.00 bits per heavy atom. The van der Waals surface area contributed by atoms with E-state index in [4.69, 9.17) is 0 Å². The fourth-order valence-corrected chi connectivity index (χ4v) is 3.48. The molecular weight excluding hydrogens is 332 g/mol. The third kappa shape index (κ3) is 3.61. The summed E-state index contributed by atoms with van der Waals surface area (Å²) in [5, 5.41) is 5.24. The molecule has 5 heteroatoms. The van der Waals surface area contributed by atoms with E-state index in [2.05, 4.69) is 21.2 Å². The second kappa shape index (κ2) is 6.59. The molecule has 1 heterocycles. The third-order valence-corrected chi connectivity index (χ3v) is 4.66. The van der Waals surface area contributed by atoms with Crippen LogP contribution in [-0.2, 0) is 6.42 Å². The molecule has 0 amide bonds. The predicted octanol–water partition coefficient (Wildman–Crippen LogP) is 4.68. The summed E-state index contributed by atoms with van der Waals surface area (Å²) >= 11 is 4.97. The van der Waals surface area contributed by atoms with E-state index in [9.17, 15) is 8.78 Å². The van der Waals surface area contributed by atoms with Crippen LogP contribution in [0.5, 0.6) is 0 Å². The lowest BCUT2D eigenvalue weighted by molar-refractivity contribution is 0.503. The van der Waals surface area contributed by atoms with Crippen LogP contribution in [0, 0.1) is 11.6 Å². The largest absolute Gasteiger partial charge is 0.309 e. The van der Waals surface area contributed by atoms with Crippen molar-refractivity contribution in [2.45, 2.75) is 19.4 Å². The number of hydrogen-bond acceptors (Lipinski definition) is 2. The molecule has 0 saturated heterocycles. The minimum atomic E-state index is -0.487. The molecule has 1 N–H and O–H groups in total. The predicted molar refractivity (Wildman–Crippen MR) is 78.5 cm³/mol. The molecule has 0 fully saturated rings. The summed E-state index contributed by atoms with van der Waals surface area (Å²) in [6, 6.07) is 5.89. The van der Waals surface area contributed by atoms with E-state index >= 15 is 0 Å². The number of likely N-dealkylation sites (N-methyl/N-ethyl adjacent to an activating group) is 1. The number of benzene rings is 1. The monoisotopic (exact) mass is 345 g/mol. The summed E-state index contributed by atoms with van der Waals surface area (Å²) in [4.78, 5) is 1.07. The van der Waals surface area contributed by atoms with Crippen molar-refractivity contribution in [2.75, 3.05) is 6.54 Å². The third-order valence-electron chi connectivity index (χ3n) is 2.85. The van der Waals surface area contributed by atoms with E-state index in [1.165, 1.54) is 18.2 Å². The molecule has 1 aromatic carbocycles. The van der Waals surface area contributed by atoms with Crippen LogP contribution in [-0.4, -0.2) is 6.54 Å². The van der Waals surface area contributed by atoms with E-state index < -0.39 is 11.6 Å².